The lowest BCUT2D eigenvalue weighted by molar-refractivity contribution is -0.123. The summed E-state index contributed by atoms with van der Waals surface area (Å²) < 4.78 is 38.6. The zero-order chi connectivity index (χ0) is 18.6. The SMILES string of the molecule is COc1cc(C)c(S(=O)(=O)N2CCCCC2COCC(N)=O)c(C)c1. The van der Waals surface area contributed by atoms with Crippen LogP contribution in [0.4, 0.5) is 0 Å². The summed E-state index contributed by atoms with van der Waals surface area (Å²) in [7, 11) is -2.11. The second-order valence-electron chi connectivity index (χ2n) is 6.34. The first-order valence-corrected chi connectivity index (χ1v) is 9.74. The highest BCUT2D eigenvalue weighted by Crippen LogP contribution is 2.31. The summed E-state index contributed by atoms with van der Waals surface area (Å²) in [6, 6.07) is 3.16. The highest BCUT2D eigenvalue weighted by Gasteiger charge is 2.35. The van der Waals surface area contributed by atoms with Crippen molar-refractivity contribution >= 4 is 15.9 Å². The third-order valence-electron chi connectivity index (χ3n) is 4.36. The zero-order valence-electron chi connectivity index (χ0n) is 14.9. The van der Waals surface area contributed by atoms with Crippen LogP contribution in [0.15, 0.2) is 17.0 Å². The topological polar surface area (TPSA) is 98.9 Å². The molecule has 0 bridgehead atoms. The first-order chi connectivity index (χ1) is 11.8. The van der Waals surface area contributed by atoms with Gasteiger partial charge in [0.05, 0.1) is 18.6 Å². The molecule has 7 nitrogen and oxygen atoms in total. The van der Waals surface area contributed by atoms with E-state index in [-0.39, 0.29) is 19.3 Å². The van der Waals surface area contributed by atoms with Gasteiger partial charge in [0.15, 0.2) is 0 Å². The molecule has 25 heavy (non-hydrogen) atoms. The van der Waals surface area contributed by atoms with E-state index in [1.165, 1.54) is 4.31 Å². The molecule has 1 heterocycles. The maximum absolute atomic E-state index is 13.3. The maximum Gasteiger partial charge on any atom is 0.243 e. The molecule has 0 aliphatic carbocycles. The lowest BCUT2D eigenvalue weighted by atomic mass is 10.1. The quantitative estimate of drug-likeness (QED) is 0.781. The predicted octanol–water partition coefficient (Wildman–Crippen LogP) is 1.36. The van der Waals surface area contributed by atoms with Crippen molar-refractivity contribution in [3.05, 3.63) is 23.3 Å². The Morgan fingerprint density at radius 3 is 2.48 bits per heavy atom. The van der Waals surface area contributed by atoms with Gasteiger partial charge >= 0.3 is 0 Å². The molecule has 8 heteroatoms. The van der Waals surface area contributed by atoms with E-state index in [2.05, 4.69) is 0 Å². The highest BCUT2D eigenvalue weighted by molar-refractivity contribution is 7.89. The van der Waals surface area contributed by atoms with E-state index in [1.54, 1.807) is 33.1 Å². The summed E-state index contributed by atoms with van der Waals surface area (Å²) in [4.78, 5) is 11.2. The molecule has 2 rings (SSSR count). The number of piperidine rings is 1. The summed E-state index contributed by atoms with van der Waals surface area (Å²) in [5.41, 5.74) is 6.38. The number of carbonyl (C=O) groups excluding carboxylic acids is 1. The molecule has 1 aromatic carbocycles. The van der Waals surface area contributed by atoms with E-state index in [4.69, 9.17) is 15.2 Å². The monoisotopic (exact) mass is 370 g/mol. The van der Waals surface area contributed by atoms with Crippen molar-refractivity contribution in [3.8, 4) is 5.75 Å². The maximum atomic E-state index is 13.3. The van der Waals surface area contributed by atoms with Gasteiger partial charge in [0, 0.05) is 12.6 Å². The molecule has 140 valence electrons. The van der Waals surface area contributed by atoms with E-state index in [0.29, 0.717) is 34.7 Å². The van der Waals surface area contributed by atoms with Crippen molar-refractivity contribution in [3.63, 3.8) is 0 Å². The Morgan fingerprint density at radius 2 is 1.92 bits per heavy atom. The standard InChI is InChI=1S/C17H26N2O5S/c1-12-8-15(23-3)9-13(2)17(12)25(21,22)19-7-5-4-6-14(19)10-24-11-16(18)20/h8-9,14H,4-7,10-11H2,1-3H3,(H2,18,20). The van der Waals surface area contributed by atoms with Gasteiger partial charge in [-0.25, -0.2) is 8.42 Å². The predicted molar refractivity (Wildman–Crippen MR) is 94.0 cm³/mol. The third kappa shape index (κ3) is 4.50. The van der Waals surface area contributed by atoms with Crippen LogP contribution in [0.2, 0.25) is 0 Å². The second-order valence-corrected chi connectivity index (χ2v) is 8.16. The minimum Gasteiger partial charge on any atom is -0.497 e. The van der Waals surface area contributed by atoms with Crippen molar-refractivity contribution < 1.29 is 22.7 Å². The normalized spacial score (nSPS) is 18.9. The average molecular weight is 370 g/mol. The van der Waals surface area contributed by atoms with E-state index >= 15 is 0 Å². The van der Waals surface area contributed by atoms with Gasteiger partial charge in [-0.05, 0) is 49.9 Å². The van der Waals surface area contributed by atoms with Crippen molar-refractivity contribution in [1.29, 1.82) is 0 Å². The number of nitrogens with two attached hydrogens (primary N) is 1. The summed E-state index contributed by atoms with van der Waals surface area (Å²) >= 11 is 0. The van der Waals surface area contributed by atoms with Gasteiger partial charge in [0.2, 0.25) is 15.9 Å². The molecule has 1 aromatic rings. The van der Waals surface area contributed by atoms with Gasteiger partial charge in [-0.3, -0.25) is 4.79 Å². The molecule has 2 N–H and O–H groups in total. The Morgan fingerprint density at radius 1 is 1.28 bits per heavy atom. The van der Waals surface area contributed by atoms with Crippen LogP contribution in [0.5, 0.6) is 5.75 Å². The molecule has 0 aromatic heterocycles. The van der Waals surface area contributed by atoms with Crippen molar-refractivity contribution in [2.45, 2.75) is 44.0 Å². The number of sulfonamides is 1. The molecular weight excluding hydrogens is 344 g/mol. The number of amides is 1. The highest BCUT2D eigenvalue weighted by atomic mass is 32.2. The largest absolute Gasteiger partial charge is 0.497 e. The van der Waals surface area contributed by atoms with Crippen LogP contribution in [0.3, 0.4) is 0 Å². The van der Waals surface area contributed by atoms with Gasteiger partial charge in [0.25, 0.3) is 0 Å². The van der Waals surface area contributed by atoms with Crippen LogP contribution < -0.4 is 10.5 Å². The number of primary amides is 1. The first-order valence-electron chi connectivity index (χ1n) is 8.30. The van der Waals surface area contributed by atoms with Crippen LogP contribution >= 0.6 is 0 Å². The van der Waals surface area contributed by atoms with Gasteiger partial charge < -0.3 is 15.2 Å². The molecule has 1 saturated heterocycles. The van der Waals surface area contributed by atoms with E-state index in [0.717, 1.165) is 12.8 Å². The number of carbonyl (C=O) groups is 1. The Balaban J connectivity index is 2.31. The Labute approximate surface area is 149 Å². The molecule has 1 aliphatic rings. The minimum absolute atomic E-state index is 0.163. The van der Waals surface area contributed by atoms with Gasteiger partial charge in [-0.2, -0.15) is 4.31 Å². The summed E-state index contributed by atoms with van der Waals surface area (Å²) in [5, 5.41) is 0. The number of ether oxygens (including phenoxy) is 2. The Kier molecular flexibility index (Phi) is 6.42. The fourth-order valence-electron chi connectivity index (χ4n) is 3.31. The molecule has 1 unspecified atom stereocenters. The van der Waals surface area contributed by atoms with Crippen LogP contribution in [-0.4, -0.2) is 51.5 Å². The summed E-state index contributed by atoms with van der Waals surface area (Å²) in [6.45, 7) is 3.94. The van der Waals surface area contributed by atoms with Crippen molar-refractivity contribution in [1.82, 2.24) is 4.31 Å². The molecule has 1 aliphatic heterocycles. The van der Waals surface area contributed by atoms with Gasteiger partial charge in [-0.1, -0.05) is 6.42 Å². The summed E-state index contributed by atoms with van der Waals surface area (Å²) in [6.07, 6.45) is 2.43. The van der Waals surface area contributed by atoms with Crippen molar-refractivity contribution in [2.75, 3.05) is 26.9 Å². The first kappa shape index (κ1) is 19.7. The number of rotatable bonds is 7. The van der Waals surface area contributed by atoms with E-state index < -0.39 is 15.9 Å². The summed E-state index contributed by atoms with van der Waals surface area (Å²) in [5.74, 6) is 0.0704. The van der Waals surface area contributed by atoms with Crippen LogP contribution in [0, 0.1) is 13.8 Å². The van der Waals surface area contributed by atoms with Crippen LogP contribution in [-0.2, 0) is 19.6 Å². The number of methoxy groups -OCH3 is 1. The smallest absolute Gasteiger partial charge is 0.243 e. The fraction of sp³-hybridized carbons (Fsp3) is 0.588. The zero-order valence-corrected chi connectivity index (χ0v) is 15.8. The molecule has 1 amide bonds. The minimum atomic E-state index is -3.67. The fourth-order valence-corrected chi connectivity index (χ4v) is 5.40. The van der Waals surface area contributed by atoms with Gasteiger partial charge in [-0.15, -0.1) is 0 Å². The Bertz CT molecular complexity index is 710. The molecule has 0 saturated carbocycles. The number of nitrogens with zero attached hydrogens (tertiary/aromatic N) is 1. The third-order valence-corrected chi connectivity index (χ3v) is 6.62. The number of benzene rings is 1. The molecule has 0 spiro atoms. The van der Waals surface area contributed by atoms with E-state index in [9.17, 15) is 13.2 Å². The molecular formula is C17H26N2O5S. The number of hydrogen-bond donors (Lipinski definition) is 1. The van der Waals surface area contributed by atoms with Crippen LogP contribution in [0.1, 0.15) is 30.4 Å². The average Bonchev–Trinajstić information content (AvgIpc) is 2.53. The second kappa shape index (κ2) is 8.16. The number of aryl methyl sites for hydroxylation is 2. The molecule has 0 radical (unpaired) electrons. The van der Waals surface area contributed by atoms with E-state index in [1.807, 2.05) is 0 Å². The Hall–Kier alpha value is -1.64. The lowest BCUT2D eigenvalue weighted by Gasteiger charge is -2.35. The molecule has 1 fully saturated rings. The van der Waals surface area contributed by atoms with Gasteiger partial charge in [0.1, 0.15) is 12.4 Å². The number of hydrogen-bond acceptors (Lipinski definition) is 5. The lowest BCUT2D eigenvalue weighted by Crippen LogP contribution is -2.46. The molecule has 1 atom stereocenters. The van der Waals surface area contributed by atoms with Crippen LogP contribution in [0.25, 0.3) is 0 Å². The van der Waals surface area contributed by atoms with Crippen molar-refractivity contribution in [2.24, 2.45) is 5.73 Å².